The van der Waals surface area contributed by atoms with E-state index in [1.807, 2.05) is 10.7 Å². The zero-order valence-corrected chi connectivity index (χ0v) is 16.2. The van der Waals surface area contributed by atoms with Gasteiger partial charge in [-0.2, -0.15) is 14.5 Å². The van der Waals surface area contributed by atoms with Crippen LogP contribution in [0.1, 0.15) is 36.0 Å². The Labute approximate surface area is 153 Å². The second-order valence-electron chi connectivity index (χ2n) is 7.32. The van der Waals surface area contributed by atoms with Crippen LogP contribution in [-0.2, 0) is 28.4 Å². The molecule has 2 aromatic heterocycles. The second-order valence-corrected chi connectivity index (χ2v) is 9.20. The molecular weight excluding hydrogens is 354 g/mol. The van der Waals surface area contributed by atoms with Crippen LogP contribution in [0.2, 0.25) is 0 Å². The van der Waals surface area contributed by atoms with Crippen LogP contribution < -0.4 is 0 Å². The molecule has 0 spiro atoms. The molecule has 0 bridgehead atoms. The van der Waals surface area contributed by atoms with Gasteiger partial charge in [0, 0.05) is 26.4 Å². The van der Waals surface area contributed by atoms with Gasteiger partial charge in [0.05, 0.1) is 36.3 Å². The van der Waals surface area contributed by atoms with E-state index < -0.39 is 10.0 Å². The molecule has 26 heavy (non-hydrogen) atoms. The molecule has 3 heterocycles. The summed E-state index contributed by atoms with van der Waals surface area (Å²) in [5.74, 6) is 0.677. The van der Waals surface area contributed by atoms with Crippen molar-refractivity contribution in [2.24, 2.45) is 13.0 Å². The van der Waals surface area contributed by atoms with Crippen LogP contribution in [0.25, 0.3) is 0 Å². The average molecular weight is 379 g/mol. The molecule has 0 N–H and O–H groups in total. The van der Waals surface area contributed by atoms with Crippen molar-refractivity contribution in [1.29, 1.82) is 0 Å². The zero-order chi connectivity index (χ0) is 18.5. The Morgan fingerprint density at radius 1 is 1.27 bits per heavy atom. The summed E-state index contributed by atoms with van der Waals surface area (Å²) in [4.78, 5) is 0.311. The van der Waals surface area contributed by atoms with Crippen molar-refractivity contribution < 1.29 is 13.2 Å². The number of aryl methyl sites for hydroxylation is 2. The summed E-state index contributed by atoms with van der Waals surface area (Å²) < 4.78 is 37.5. The molecule has 1 atom stereocenters. The first-order chi connectivity index (χ1) is 12.4. The minimum atomic E-state index is -3.63. The summed E-state index contributed by atoms with van der Waals surface area (Å²) in [5.41, 5.74) is 2.08. The molecule has 0 radical (unpaired) electrons. The number of hydrogen-bond donors (Lipinski definition) is 0. The lowest BCUT2D eigenvalue weighted by atomic mass is 10.2. The molecule has 0 unspecified atom stereocenters. The third kappa shape index (κ3) is 3.08. The maximum absolute atomic E-state index is 13.3. The van der Waals surface area contributed by atoms with E-state index in [1.54, 1.807) is 31.8 Å². The number of rotatable bonds is 6. The van der Waals surface area contributed by atoms with Gasteiger partial charge < -0.3 is 4.74 Å². The Morgan fingerprint density at radius 2 is 2.04 bits per heavy atom. The summed E-state index contributed by atoms with van der Waals surface area (Å²) in [6.07, 6.45) is 4.19. The van der Waals surface area contributed by atoms with E-state index in [0.717, 1.165) is 12.3 Å². The Bertz CT molecular complexity index is 913. The van der Waals surface area contributed by atoms with Crippen molar-refractivity contribution in [2.75, 3.05) is 19.8 Å². The van der Waals surface area contributed by atoms with Gasteiger partial charge in [-0.3, -0.25) is 9.36 Å². The SMILES string of the molecule is Cc1nn(C)c(C)c1S(=O)(=O)N1Cc2ccnn2[C@@H](COCC2CC2)C1. The van der Waals surface area contributed by atoms with E-state index >= 15 is 0 Å². The van der Waals surface area contributed by atoms with Crippen LogP contribution in [0.3, 0.4) is 0 Å². The second kappa shape index (κ2) is 6.47. The van der Waals surface area contributed by atoms with Gasteiger partial charge >= 0.3 is 0 Å². The van der Waals surface area contributed by atoms with E-state index in [0.29, 0.717) is 41.9 Å². The summed E-state index contributed by atoms with van der Waals surface area (Å²) in [6.45, 7) is 5.43. The third-order valence-corrected chi connectivity index (χ3v) is 7.32. The van der Waals surface area contributed by atoms with E-state index in [2.05, 4.69) is 10.2 Å². The first kappa shape index (κ1) is 17.7. The van der Waals surface area contributed by atoms with Gasteiger partial charge in [0.15, 0.2) is 0 Å². The number of hydrogen-bond acceptors (Lipinski definition) is 5. The summed E-state index contributed by atoms with van der Waals surface area (Å²) in [5, 5.41) is 8.65. The smallest absolute Gasteiger partial charge is 0.247 e. The van der Waals surface area contributed by atoms with Crippen LogP contribution in [-0.4, -0.2) is 52.0 Å². The van der Waals surface area contributed by atoms with Crippen LogP contribution in [0.15, 0.2) is 17.2 Å². The van der Waals surface area contributed by atoms with E-state index in [1.165, 1.54) is 17.1 Å². The molecule has 0 amide bonds. The van der Waals surface area contributed by atoms with Crippen molar-refractivity contribution in [3.05, 3.63) is 29.3 Å². The monoisotopic (exact) mass is 379 g/mol. The van der Waals surface area contributed by atoms with Crippen molar-refractivity contribution in [1.82, 2.24) is 23.9 Å². The number of ether oxygens (including phenoxy) is 1. The molecular formula is C17H25N5O3S. The van der Waals surface area contributed by atoms with Gasteiger partial charge in [-0.15, -0.1) is 0 Å². The molecule has 0 aromatic carbocycles. The standard InChI is InChI=1S/C17H25N5O3S/c1-12-17(13(2)20(3)19-12)26(23,24)21-8-15-6-7-18-22(15)16(9-21)11-25-10-14-4-5-14/h6-7,14,16H,4-5,8-11H2,1-3H3/t16-/m1/s1. The molecule has 1 aliphatic heterocycles. The highest BCUT2D eigenvalue weighted by Crippen LogP contribution is 2.31. The van der Waals surface area contributed by atoms with Gasteiger partial charge in [-0.05, 0) is 38.7 Å². The minimum absolute atomic E-state index is 0.112. The van der Waals surface area contributed by atoms with Crippen molar-refractivity contribution in [2.45, 2.75) is 44.2 Å². The number of nitrogens with zero attached hydrogens (tertiary/aromatic N) is 5. The first-order valence-electron chi connectivity index (χ1n) is 8.98. The van der Waals surface area contributed by atoms with Crippen LogP contribution >= 0.6 is 0 Å². The van der Waals surface area contributed by atoms with E-state index in [9.17, 15) is 8.42 Å². The number of fused-ring (bicyclic) bond motifs is 1. The van der Waals surface area contributed by atoms with Crippen LogP contribution in [0.5, 0.6) is 0 Å². The molecule has 1 fully saturated rings. The predicted molar refractivity (Wildman–Crippen MR) is 95.1 cm³/mol. The van der Waals surface area contributed by atoms with E-state index in [4.69, 9.17) is 4.74 Å². The molecule has 4 rings (SSSR count). The fraction of sp³-hybridized carbons (Fsp3) is 0.647. The molecule has 8 nitrogen and oxygen atoms in total. The quantitative estimate of drug-likeness (QED) is 0.758. The highest BCUT2D eigenvalue weighted by atomic mass is 32.2. The molecule has 9 heteroatoms. The minimum Gasteiger partial charge on any atom is -0.379 e. The molecule has 2 aromatic rings. The molecule has 1 saturated carbocycles. The van der Waals surface area contributed by atoms with Gasteiger partial charge in [0.1, 0.15) is 4.90 Å². The molecule has 142 valence electrons. The topological polar surface area (TPSA) is 82.3 Å². The molecule has 2 aliphatic rings. The van der Waals surface area contributed by atoms with Crippen molar-refractivity contribution >= 4 is 10.0 Å². The number of aromatic nitrogens is 4. The lowest BCUT2D eigenvalue weighted by Gasteiger charge is -2.33. The zero-order valence-electron chi connectivity index (χ0n) is 15.4. The largest absolute Gasteiger partial charge is 0.379 e. The first-order valence-corrected chi connectivity index (χ1v) is 10.4. The number of sulfonamides is 1. The van der Waals surface area contributed by atoms with Gasteiger partial charge in [0.2, 0.25) is 10.0 Å². The molecule has 0 saturated heterocycles. The highest BCUT2D eigenvalue weighted by Gasteiger charge is 2.37. The third-order valence-electron chi connectivity index (χ3n) is 5.25. The van der Waals surface area contributed by atoms with Crippen molar-refractivity contribution in [3.8, 4) is 0 Å². The van der Waals surface area contributed by atoms with Crippen LogP contribution in [0, 0.1) is 19.8 Å². The van der Waals surface area contributed by atoms with Gasteiger partial charge in [-0.25, -0.2) is 8.42 Å². The maximum atomic E-state index is 13.3. The normalized spacial score (nSPS) is 21.1. The summed E-state index contributed by atoms with van der Waals surface area (Å²) >= 11 is 0. The Balaban J connectivity index is 1.60. The van der Waals surface area contributed by atoms with E-state index in [-0.39, 0.29) is 6.04 Å². The van der Waals surface area contributed by atoms with Gasteiger partial charge in [-0.1, -0.05) is 0 Å². The summed E-state index contributed by atoms with van der Waals surface area (Å²) in [6, 6.07) is 1.76. The van der Waals surface area contributed by atoms with Gasteiger partial charge in [0.25, 0.3) is 0 Å². The molecule has 1 aliphatic carbocycles. The Hall–Kier alpha value is -1.71. The maximum Gasteiger partial charge on any atom is 0.247 e. The lowest BCUT2D eigenvalue weighted by molar-refractivity contribution is 0.0744. The Morgan fingerprint density at radius 3 is 2.69 bits per heavy atom. The summed E-state index contributed by atoms with van der Waals surface area (Å²) in [7, 11) is -1.87. The lowest BCUT2D eigenvalue weighted by Crippen LogP contribution is -2.43. The average Bonchev–Trinajstić information content (AvgIpc) is 3.20. The van der Waals surface area contributed by atoms with Crippen LogP contribution in [0.4, 0.5) is 0 Å². The fourth-order valence-electron chi connectivity index (χ4n) is 3.57. The van der Waals surface area contributed by atoms with Crippen molar-refractivity contribution in [3.63, 3.8) is 0 Å². The highest BCUT2D eigenvalue weighted by molar-refractivity contribution is 7.89. The Kier molecular flexibility index (Phi) is 4.40. The predicted octanol–water partition coefficient (Wildman–Crippen LogP) is 1.41. The fourth-order valence-corrected chi connectivity index (χ4v) is 5.42.